The minimum atomic E-state index is 0.156. The van der Waals surface area contributed by atoms with Crippen LogP contribution in [0.15, 0.2) is 34.4 Å². The average Bonchev–Trinajstić information content (AvgIpc) is 2.55. The van der Waals surface area contributed by atoms with E-state index in [-0.39, 0.29) is 5.90 Å². The first-order valence-electron chi connectivity index (χ1n) is 3.83. The van der Waals surface area contributed by atoms with Gasteiger partial charge in [0.05, 0.1) is 0 Å². The lowest BCUT2D eigenvalue weighted by atomic mass is 10.1. The van der Waals surface area contributed by atoms with Crippen LogP contribution in [0.1, 0.15) is 5.56 Å². The number of benzene rings is 1. The lowest BCUT2D eigenvalue weighted by Gasteiger charge is -1.92. The van der Waals surface area contributed by atoms with E-state index >= 15 is 0 Å². The highest BCUT2D eigenvalue weighted by molar-refractivity contribution is 6.48. The largest absolute Gasteiger partial charge is 0.434 e. The van der Waals surface area contributed by atoms with Gasteiger partial charge in [0.25, 0.3) is 5.90 Å². The number of fused-ring (bicyclic) bond motifs is 1. The maximum Gasteiger partial charge on any atom is 0.281 e. The van der Waals surface area contributed by atoms with Crippen molar-refractivity contribution in [3.63, 3.8) is 0 Å². The predicted octanol–water partition coefficient (Wildman–Crippen LogP) is 1.29. The van der Waals surface area contributed by atoms with Crippen molar-refractivity contribution in [2.45, 2.75) is 0 Å². The number of rotatable bonds is 0. The van der Waals surface area contributed by atoms with Gasteiger partial charge in [-0.1, -0.05) is 12.1 Å². The third-order valence-corrected chi connectivity index (χ3v) is 1.87. The molecule has 0 unspecified atom stereocenters. The Morgan fingerprint density at radius 3 is 2.77 bits per heavy atom. The summed E-state index contributed by atoms with van der Waals surface area (Å²) in [5, 5.41) is 11.6. The fourth-order valence-electron chi connectivity index (χ4n) is 1.30. The summed E-state index contributed by atoms with van der Waals surface area (Å²) in [5.74, 6) is 0.833. The van der Waals surface area contributed by atoms with Gasteiger partial charge in [0.15, 0.2) is 0 Å². The monoisotopic (exact) mass is 176 g/mol. The van der Waals surface area contributed by atoms with Crippen molar-refractivity contribution in [1.29, 1.82) is 0 Å². The maximum absolute atomic E-state index is 8.62. The Balaban J connectivity index is 2.59. The Morgan fingerprint density at radius 1 is 1.31 bits per heavy atom. The summed E-state index contributed by atoms with van der Waals surface area (Å²) in [5.41, 5.74) is 1.44. The third kappa shape index (κ3) is 1.07. The highest BCUT2D eigenvalue weighted by atomic mass is 16.5. The van der Waals surface area contributed by atoms with Gasteiger partial charge >= 0.3 is 0 Å². The van der Waals surface area contributed by atoms with E-state index in [1.54, 1.807) is 13.1 Å². The van der Waals surface area contributed by atoms with Gasteiger partial charge in [-0.2, -0.15) is 0 Å². The van der Waals surface area contributed by atoms with Crippen molar-refractivity contribution in [1.82, 2.24) is 0 Å². The molecule has 4 nitrogen and oxygen atoms in total. The zero-order valence-corrected chi connectivity index (χ0v) is 7.06. The fourth-order valence-corrected chi connectivity index (χ4v) is 1.30. The van der Waals surface area contributed by atoms with Crippen LogP contribution >= 0.6 is 0 Å². The smallest absolute Gasteiger partial charge is 0.281 e. The Kier molecular flexibility index (Phi) is 1.73. The zero-order valence-electron chi connectivity index (χ0n) is 7.06. The molecule has 0 bridgehead atoms. The molecule has 0 aliphatic carbocycles. The molecule has 0 spiro atoms. The van der Waals surface area contributed by atoms with Gasteiger partial charge in [-0.25, -0.2) is 0 Å². The van der Waals surface area contributed by atoms with Crippen molar-refractivity contribution >= 4 is 11.6 Å². The van der Waals surface area contributed by atoms with Crippen LogP contribution in [0, 0.1) is 0 Å². The summed E-state index contributed by atoms with van der Waals surface area (Å²) in [7, 11) is 1.63. The van der Waals surface area contributed by atoms with E-state index in [1.807, 2.05) is 18.2 Å². The Bertz CT molecular complexity index is 396. The van der Waals surface area contributed by atoms with Gasteiger partial charge in [0, 0.05) is 12.6 Å². The van der Waals surface area contributed by atoms with Gasteiger partial charge in [-0.15, -0.1) is 0 Å². The van der Waals surface area contributed by atoms with Gasteiger partial charge in [0.1, 0.15) is 11.5 Å². The first-order chi connectivity index (χ1) is 6.36. The molecule has 0 fully saturated rings. The molecule has 0 radical (unpaired) electrons. The number of oxime groups is 1. The summed E-state index contributed by atoms with van der Waals surface area (Å²) in [6.45, 7) is 0. The molecule has 4 heteroatoms. The normalized spacial score (nSPS) is 20.4. The molecule has 0 amide bonds. The Labute approximate surface area is 75.2 Å². The van der Waals surface area contributed by atoms with E-state index in [0.717, 1.165) is 5.56 Å². The number of aliphatic imine (C=N–C) groups is 1. The molecule has 2 rings (SSSR count). The Hall–Kier alpha value is -1.84. The first-order valence-corrected chi connectivity index (χ1v) is 3.83. The van der Waals surface area contributed by atoms with Gasteiger partial charge in [-0.3, -0.25) is 4.99 Å². The van der Waals surface area contributed by atoms with E-state index in [4.69, 9.17) is 9.94 Å². The van der Waals surface area contributed by atoms with Gasteiger partial charge in [0.2, 0.25) is 0 Å². The van der Waals surface area contributed by atoms with Crippen molar-refractivity contribution < 1.29 is 9.94 Å². The predicted molar refractivity (Wildman–Crippen MR) is 48.8 cm³/mol. The quantitative estimate of drug-likeness (QED) is 0.478. The summed E-state index contributed by atoms with van der Waals surface area (Å²) >= 11 is 0. The SMILES string of the molecule is C/N=C1\C(=NO)Oc2ccccc21. The molecule has 1 aliphatic rings. The van der Waals surface area contributed by atoms with Crippen molar-refractivity contribution in [3.05, 3.63) is 29.8 Å². The Morgan fingerprint density at radius 2 is 2.08 bits per heavy atom. The highest BCUT2D eigenvalue weighted by Gasteiger charge is 2.25. The molecule has 13 heavy (non-hydrogen) atoms. The van der Waals surface area contributed by atoms with E-state index in [0.29, 0.717) is 11.5 Å². The van der Waals surface area contributed by atoms with Crippen molar-refractivity contribution in [2.24, 2.45) is 10.1 Å². The van der Waals surface area contributed by atoms with E-state index in [9.17, 15) is 0 Å². The van der Waals surface area contributed by atoms with Crippen LogP contribution in [0.25, 0.3) is 0 Å². The minimum Gasteiger partial charge on any atom is -0.434 e. The first kappa shape index (κ1) is 7.79. The molecule has 0 atom stereocenters. The number of para-hydroxylation sites is 1. The van der Waals surface area contributed by atoms with Crippen LogP contribution in [-0.4, -0.2) is 23.9 Å². The molecule has 0 aromatic heterocycles. The second kappa shape index (κ2) is 2.90. The van der Waals surface area contributed by atoms with E-state index < -0.39 is 0 Å². The lowest BCUT2D eigenvalue weighted by Crippen LogP contribution is -2.13. The van der Waals surface area contributed by atoms with Crippen molar-refractivity contribution in [2.75, 3.05) is 7.05 Å². The molecule has 1 aromatic carbocycles. The van der Waals surface area contributed by atoms with Crippen molar-refractivity contribution in [3.8, 4) is 5.75 Å². The van der Waals surface area contributed by atoms with Crippen LogP contribution in [-0.2, 0) is 0 Å². The van der Waals surface area contributed by atoms with Crippen LogP contribution in [0.4, 0.5) is 0 Å². The molecule has 1 aliphatic heterocycles. The summed E-state index contributed by atoms with van der Waals surface area (Å²) < 4.78 is 5.23. The number of nitrogens with zero attached hydrogens (tertiary/aromatic N) is 2. The van der Waals surface area contributed by atoms with Gasteiger partial charge < -0.3 is 9.94 Å². The maximum atomic E-state index is 8.62. The zero-order chi connectivity index (χ0) is 9.26. The number of hydrogen-bond donors (Lipinski definition) is 1. The number of ether oxygens (including phenoxy) is 1. The second-order valence-electron chi connectivity index (χ2n) is 2.58. The van der Waals surface area contributed by atoms with E-state index in [1.165, 1.54) is 0 Å². The molecule has 0 saturated carbocycles. The topological polar surface area (TPSA) is 54.2 Å². The fraction of sp³-hybridized carbons (Fsp3) is 0.111. The summed E-state index contributed by atoms with van der Waals surface area (Å²) in [6.07, 6.45) is 0. The molecular weight excluding hydrogens is 168 g/mol. The standard InChI is InChI=1S/C9H8N2O2/c1-10-8-6-4-2-3-5-7(6)13-9(8)11-12/h2-5,12H,1H3/b10-8-,11-9?. The minimum absolute atomic E-state index is 0.156. The second-order valence-corrected chi connectivity index (χ2v) is 2.58. The average molecular weight is 176 g/mol. The molecule has 1 N–H and O–H groups in total. The molecule has 0 saturated heterocycles. The highest BCUT2D eigenvalue weighted by Crippen LogP contribution is 2.25. The molecule has 1 aromatic rings. The van der Waals surface area contributed by atoms with Crippen LogP contribution in [0.5, 0.6) is 5.75 Å². The van der Waals surface area contributed by atoms with Crippen LogP contribution in [0.3, 0.4) is 0 Å². The molecular formula is C9H8N2O2. The summed E-state index contributed by atoms with van der Waals surface area (Å²) in [4.78, 5) is 3.98. The van der Waals surface area contributed by atoms with Crippen LogP contribution in [0.2, 0.25) is 0 Å². The molecule has 1 heterocycles. The molecule has 66 valence electrons. The third-order valence-electron chi connectivity index (χ3n) is 1.87. The van der Waals surface area contributed by atoms with E-state index in [2.05, 4.69) is 10.1 Å². The van der Waals surface area contributed by atoms with Gasteiger partial charge in [-0.05, 0) is 17.3 Å². The van der Waals surface area contributed by atoms with Crippen LogP contribution < -0.4 is 4.74 Å². The summed E-state index contributed by atoms with van der Waals surface area (Å²) in [6, 6.07) is 7.41. The lowest BCUT2D eigenvalue weighted by molar-refractivity contribution is 0.307. The number of hydrogen-bond acceptors (Lipinski definition) is 4.